The number of phenolic OH excluding ortho intramolecular Hbond substituents is 1. The molecule has 1 heterocycles. The zero-order valence-electron chi connectivity index (χ0n) is 11.4. The monoisotopic (exact) mass is 268 g/mol. The molecular formula is C13H18BClO3. The van der Waals surface area contributed by atoms with Gasteiger partial charge in [0.25, 0.3) is 0 Å². The van der Waals surface area contributed by atoms with Crippen LogP contribution in [0.25, 0.3) is 0 Å². The van der Waals surface area contributed by atoms with Gasteiger partial charge in [0.15, 0.2) is 0 Å². The van der Waals surface area contributed by atoms with Crippen molar-refractivity contribution in [3.05, 3.63) is 22.7 Å². The summed E-state index contributed by atoms with van der Waals surface area (Å²) in [7, 11) is -0.590. The Balaban J connectivity index is 2.38. The van der Waals surface area contributed by atoms with E-state index in [1.165, 1.54) is 0 Å². The van der Waals surface area contributed by atoms with Gasteiger partial charge in [0, 0.05) is 10.5 Å². The summed E-state index contributed by atoms with van der Waals surface area (Å²) in [4.78, 5) is 0. The Bertz CT molecular complexity index is 469. The highest BCUT2D eigenvalue weighted by Gasteiger charge is 2.52. The van der Waals surface area contributed by atoms with Crippen LogP contribution in [0.3, 0.4) is 0 Å². The second kappa shape index (κ2) is 4.15. The molecule has 3 nitrogen and oxygen atoms in total. The van der Waals surface area contributed by atoms with Crippen molar-refractivity contribution in [1.82, 2.24) is 0 Å². The van der Waals surface area contributed by atoms with Crippen molar-refractivity contribution in [2.75, 3.05) is 0 Å². The maximum Gasteiger partial charge on any atom is 0.498 e. The molecule has 1 saturated heterocycles. The van der Waals surface area contributed by atoms with Gasteiger partial charge in [-0.25, -0.2) is 0 Å². The van der Waals surface area contributed by atoms with E-state index in [0.29, 0.717) is 10.5 Å². The lowest BCUT2D eigenvalue weighted by Gasteiger charge is -2.32. The molecule has 1 aliphatic rings. The summed E-state index contributed by atoms with van der Waals surface area (Å²) in [6.45, 7) is 9.73. The summed E-state index contributed by atoms with van der Waals surface area (Å²) in [6, 6.07) is 3.33. The lowest BCUT2D eigenvalue weighted by atomic mass is 9.78. The quantitative estimate of drug-likeness (QED) is 0.796. The van der Waals surface area contributed by atoms with Gasteiger partial charge in [-0.05, 0) is 52.3 Å². The van der Waals surface area contributed by atoms with E-state index in [2.05, 4.69) is 0 Å². The normalized spacial score (nSPS) is 21.3. The van der Waals surface area contributed by atoms with Gasteiger partial charge in [-0.2, -0.15) is 0 Å². The van der Waals surface area contributed by atoms with Crippen LogP contribution in [0.1, 0.15) is 33.3 Å². The van der Waals surface area contributed by atoms with Crippen molar-refractivity contribution in [1.29, 1.82) is 0 Å². The van der Waals surface area contributed by atoms with Crippen LogP contribution in [-0.4, -0.2) is 23.4 Å². The average Bonchev–Trinajstić information content (AvgIpc) is 2.42. The molecule has 0 atom stereocenters. The Morgan fingerprint density at radius 1 is 1.11 bits per heavy atom. The highest BCUT2D eigenvalue weighted by Crippen LogP contribution is 2.37. The molecule has 0 radical (unpaired) electrons. The lowest BCUT2D eigenvalue weighted by Crippen LogP contribution is -2.41. The zero-order valence-corrected chi connectivity index (χ0v) is 12.1. The summed E-state index contributed by atoms with van der Waals surface area (Å²) in [5.74, 6) is 0.149. The molecule has 1 N–H and O–H groups in total. The molecule has 2 rings (SSSR count). The third kappa shape index (κ3) is 2.13. The van der Waals surface area contributed by atoms with Gasteiger partial charge in [-0.15, -0.1) is 0 Å². The fourth-order valence-corrected chi connectivity index (χ4v) is 2.01. The molecule has 0 spiro atoms. The topological polar surface area (TPSA) is 38.7 Å². The maximum atomic E-state index is 10.00. The van der Waals surface area contributed by atoms with Gasteiger partial charge in [-0.3, -0.25) is 0 Å². The van der Waals surface area contributed by atoms with E-state index in [9.17, 15) is 5.11 Å². The first-order chi connectivity index (χ1) is 8.14. The molecule has 0 aliphatic carbocycles. The Kier molecular flexibility index (Phi) is 3.17. The minimum absolute atomic E-state index is 0.149. The first-order valence-corrected chi connectivity index (χ1v) is 6.36. The van der Waals surface area contributed by atoms with E-state index in [4.69, 9.17) is 20.9 Å². The smallest absolute Gasteiger partial charge is 0.498 e. The molecule has 0 aromatic heterocycles. The standard InChI is InChI=1S/C13H18BClO3/c1-8-6-11(16)9(7-10(8)15)14-17-12(2,3)13(4,5)18-14/h6-7,16H,1-5H3. The van der Waals surface area contributed by atoms with Crippen molar-refractivity contribution in [2.24, 2.45) is 0 Å². The number of halogens is 1. The molecule has 0 bridgehead atoms. The molecule has 1 fully saturated rings. The van der Waals surface area contributed by atoms with Crippen LogP contribution in [0.4, 0.5) is 0 Å². The van der Waals surface area contributed by atoms with E-state index in [1.54, 1.807) is 12.1 Å². The minimum Gasteiger partial charge on any atom is -0.508 e. The Labute approximate surface area is 113 Å². The number of benzene rings is 1. The molecule has 0 saturated carbocycles. The van der Waals surface area contributed by atoms with Gasteiger partial charge >= 0.3 is 7.12 Å². The fourth-order valence-electron chi connectivity index (χ4n) is 1.84. The third-order valence-electron chi connectivity index (χ3n) is 3.82. The summed E-state index contributed by atoms with van der Waals surface area (Å²) < 4.78 is 11.8. The maximum absolute atomic E-state index is 10.00. The van der Waals surface area contributed by atoms with Crippen molar-refractivity contribution in [3.8, 4) is 5.75 Å². The van der Waals surface area contributed by atoms with Crippen LogP contribution in [0.2, 0.25) is 5.02 Å². The van der Waals surface area contributed by atoms with Crippen molar-refractivity contribution < 1.29 is 14.4 Å². The van der Waals surface area contributed by atoms with Crippen molar-refractivity contribution in [2.45, 2.75) is 45.8 Å². The molecule has 1 aromatic rings. The highest BCUT2D eigenvalue weighted by atomic mass is 35.5. The molecular weight excluding hydrogens is 250 g/mol. The Morgan fingerprint density at radius 2 is 1.61 bits per heavy atom. The highest BCUT2D eigenvalue weighted by molar-refractivity contribution is 6.63. The second-order valence-electron chi connectivity index (χ2n) is 5.75. The van der Waals surface area contributed by atoms with Crippen LogP contribution < -0.4 is 5.46 Å². The van der Waals surface area contributed by atoms with Crippen LogP contribution in [-0.2, 0) is 9.31 Å². The first-order valence-electron chi connectivity index (χ1n) is 5.99. The molecule has 18 heavy (non-hydrogen) atoms. The lowest BCUT2D eigenvalue weighted by molar-refractivity contribution is 0.00578. The van der Waals surface area contributed by atoms with Crippen LogP contribution in [0.15, 0.2) is 12.1 Å². The van der Waals surface area contributed by atoms with E-state index in [0.717, 1.165) is 5.56 Å². The van der Waals surface area contributed by atoms with E-state index < -0.39 is 18.3 Å². The first kappa shape index (κ1) is 13.7. The van der Waals surface area contributed by atoms with Gasteiger partial charge < -0.3 is 14.4 Å². The molecule has 1 aliphatic heterocycles. The fraction of sp³-hybridized carbons (Fsp3) is 0.538. The average molecular weight is 269 g/mol. The van der Waals surface area contributed by atoms with Crippen LogP contribution in [0, 0.1) is 6.92 Å². The summed E-state index contributed by atoms with van der Waals surface area (Å²) in [5.41, 5.74) is 0.543. The SMILES string of the molecule is Cc1cc(O)c(B2OC(C)(C)C(C)(C)O2)cc1Cl. The molecule has 5 heteroatoms. The zero-order chi connectivity index (χ0) is 13.7. The minimum atomic E-state index is -0.590. The Hall–Kier alpha value is -0.705. The predicted molar refractivity (Wildman–Crippen MR) is 73.6 cm³/mol. The van der Waals surface area contributed by atoms with E-state index >= 15 is 0 Å². The number of aromatic hydroxyl groups is 1. The molecule has 1 aromatic carbocycles. The van der Waals surface area contributed by atoms with E-state index in [-0.39, 0.29) is 5.75 Å². The summed E-state index contributed by atoms with van der Waals surface area (Å²) in [5, 5.41) is 10.6. The third-order valence-corrected chi connectivity index (χ3v) is 4.22. The number of aryl methyl sites for hydroxylation is 1. The van der Waals surface area contributed by atoms with Gasteiger partial charge in [-0.1, -0.05) is 11.6 Å². The molecule has 0 amide bonds. The Morgan fingerprint density at radius 3 is 2.11 bits per heavy atom. The molecule has 98 valence electrons. The number of phenols is 1. The van der Waals surface area contributed by atoms with Crippen molar-refractivity contribution in [3.63, 3.8) is 0 Å². The predicted octanol–water partition coefficient (Wildman–Crippen LogP) is 2.65. The van der Waals surface area contributed by atoms with Gasteiger partial charge in [0.05, 0.1) is 11.2 Å². The molecule has 0 unspecified atom stereocenters. The van der Waals surface area contributed by atoms with Gasteiger partial charge in [0.1, 0.15) is 5.75 Å². The van der Waals surface area contributed by atoms with E-state index in [1.807, 2.05) is 34.6 Å². The van der Waals surface area contributed by atoms with Crippen LogP contribution in [0.5, 0.6) is 5.75 Å². The number of hydrogen-bond acceptors (Lipinski definition) is 3. The van der Waals surface area contributed by atoms with Crippen LogP contribution >= 0.6 is 11.6 Å². The van der Waals surface area contributed by atoms with Crippen molar-refractivity contribution >= 4 is 24.2 Å². The largest absolute Gasteiger partial charge is 0.508 e. The number of rotatable bonds is 1. The summed E-state index contributed by atoms with van der Waals surface area (Å²) in [6.07, 6.45) is 0. The second-order valence-corrected chi connectivity index (χ2v) is 6.16. The van der Waals surface area contributed by atoms with Gasteiger partial charge in [0.2, 0.25) is 0 Å². The summed E-state index contributed by atoms with van der Waals surface area (Å²) >= 11 is 6.08. The number of hydrogen-bond donors (Lipinski definition) is 1.